The van der Waals surface area contributed by atoms with E-state index in [9.17, 15) is 9.59 Å². The number of fused-ring (bicyclic) bond motifs is 2. The molecule has 2 aromatic rings. The number of carbonyl (C=O) groups excluding carboxylic acids is 2. The van der Waals surface area contributed by atoms with Crippen molar-refractivity contribution in [2.24, 2.45) is 11.3 Å². The van der Waals surface area contributed by atoms with Crippen LogP contribution in [0.5, 0.6) is 0 Å². The van der Waals surface area contributed by atoms with Crippen molar-refractivity contribution in [2.45, 2.75) is 19.3 Å². The Hall–Kier alpha value is -2.22. The topological polar surface area (TPSA) is 34.1 Å². The summed E-state index contributed by atoms with van der Waals surface area (Å²) in [6, 6.07) is 15.9. The molecular formula is C19H16O2. The number of carbonyl (C=O) groups is 2. The summed E-state index contributed by atoms with van der Waals surface area (Å²) in [6.07, 6.45) is 3.12. The average Bonchev–Trinajstić information content (AvgIpc) is 3.07. The third kappa shape index (κ3) is 1.72. The Bertz CT molecular complexity index is 720. The molecule has 1 unspecified atom stereocenters. The minimum atomic E-state index is -0.556. The lowest BCUT2D eigenvalue weighted by atomic mass is 9.72. The number of hydrogen-bond acceptors (Lipinski definition) is 2. The van der Waals surface area contributed by atoms with Gasteiger partial charge in [0.15, 0.2) is 5.78 Å². The molecule has 2 aliphatic carbocycles. The molecule has 0 saturated carbocycles. The van der Waals surface area contributed by atoms with Gasteiger partial charge in [0, 0.05) is 16.9 Å². The predicted molar refractivity (Wildman–Crippen MR) is 80.3 cm³/mol. The molecule has 0 spiro atoms. The fraction of sp³-hybridized carbons (Fsp3) is 0.263. The van der Waals surface area contributed by atoms with Gasteiger partial charge in [-0.2, -0.15) is 0 Å². The first kappa shape index (κ1) is 12.5. The number of rotatable bonds is 2. The Kier molecular flexibility index (Phi) is 2.61. The van der Waals surface area contributed by atoms with Gasteiger partial charge in [0.2, 0.25) is 0 Å². The quantitative estimate of drug-likeness (QED) is 0.790. The van der Waals surface area contributed by atoms with Crippen molar-refractivity contribution in [1.29, 1.82) is 0 Å². The maximum Gasteiger partial charge on any atom is 0.167 e. The van der Waals surface area contributed by atoms with Crippen LogP contribution in [0.4, 0.5) is 0 Å². The van der Waals surface area contributed by atoms with Crippen LogP contribution >= 0.6 is 0 Å². The van der Waals surface area contributed by atoms with Crippen LogP contribution in [0.25, 0.3) is 0 Å². The van der Waals surface area contributed by atoms with Gasteiger partial charge in [-0.15, -0.1) is 0 Å². The second-order valence-corrected chi connectivity index (χ2v) is 6.25. The fourth-order valence-electron chi connectivity index (χ4n) is 3.99. The van der Waals surface area contributed by atoms with Crippen LogP contribution in [0.15, 0.2) is 48.5 Å². The second-order valence-electron chi connectivity index (χ2n) is 6.25. The second kappa shape index (κ2) is 4.39. The van der Waals surface area contributed by atoms with E-state index < -0.39 is 5.41 Å². The van der Waals surface area contributed by atoms with Gasteiger partial charge in [0.25, 0.3) is 0 Å². The molecule has 0 fully saturated rings. The van der Waals surface area contributed by atoms with Crippen LogP contribution in [0.1, 0.15) is 27.0 Å². The number of benzene rings is 2. The van der Waals surface area contributed by atoms with Gasteiger partial charge in [-0.3, -0.25) is 4.79 Å². The number of Topliss-reactive ketones (excluding diaryl/α,β-unsaturated/α-hetero) is 1. The highest BCUT2D eigenvalue weighted by atomic mass is 16.1. The molecule has 0 amide bonds. The van der Waals surface area contributed by atoms with E-state index >= 15 is 0 Å². The Morgan fingerprint density at radius 3 is 2.05 bits per heavy atom. The summed E-state index contributed by atoms with van der Waals surface area (Å²) >= 11 is 0. The van der Waals surface area contributed by atoms with Gasteiger partial charge < -0.3 is 4.79 Å². The lowest BCUT2D eigenvalue weighted by Crippen LogP contribution is -2.37. The number of aldehydes is 1. The third-order valence-electron chi connectivity index (χ3n) is 5.11. The molecule has 4 rings (SSSR count). The average molecular weight is 276 g/mol. The van der Waals surface area contributed by atoms with Gasteiger partial charge in [0.05, 0.1) is 0 Å². The molecule has 1 atom stereocenters. The molecular weight excluding hydrogens is 260 g/mol. The zero-order chi connectivity index (χ0) is 14.4. The summed E-state index contributed by atoms with van der Waals surface area (Å²) in [5.74, 6) is -0.0645. The van der Waals surface area contributed by atoms with E-state index in [1.54, 1.807) is 0 Å². The Morgan fingerprint density at radius 2 is 1.48 bits per heavy atom. The first-order valence-corrected chi connectivity index (χ1v) is 7.39. The SMILES string of the molecule is O=CC1(C2Cc3ccccc3C2=O)Cc2ccccc2C1. The van der Waals surface area contributed by atoms with Crippen LogP contribution in [-0.2, 0) is 24.1 Å². The van der Waals surface area contributed by atoms with Crippen molar-refractivity contribution in [3.63, 3.8) is 0 Å². The molecule has 0 heterocycles. The molecule has 2 aromatic carbocycles. The predicted octanol–water partition coefficient (Wildman–Crippen LogP) is 3.03. The molecule has 2 nitrogen and oxygen atoms in total. The van der Waals surface area contributed by atoms with Crippen LogP contribution in [-0.4, -0.2) is 12.1 Å². The van der Waals surface area contributed by atoms with Crippen molar-refractivity contribution >= 4 is 12.1 Å². The normalized spacial score (nSPS) is 21.9. The molecule has 0 aromatic heterocycles. The van der Waals surface area contributed by atoms with Gasteiger partial charge >= 0.3 is 0 Å². The van der Waals surface area contributed by atoms with E-state index in [1.165, 1.54) is 11.1 Å². The smallest absolute Gasteiger partial charge is 0.167 e. The zero-order valence-electron chi connectivity index (χ0n) is 11.7. The largest absolute Gasteiger partial charge is 0.303 e. The molecule has 2 aliphatic rings. The molecule has 104 valence electrons. The van der Waals surface area contributed by atoms with Crippen molar-refractivity contribution in [2.75, 3.05) is 0 Å². The highest BCUT2D eigenvalue weighted by Crippen LogP contribution is 2.46. The van der Waals surface area contributed by atoms with E-state index in [-0.39, 0.29) is 11.7 Å². The van der Waals surface area contributed by atoms with Crippen LogP contribution in [0.3, 0.4) is 0 Å². The van der Waals surface area contributed by atoms with E-state index in [1.807, 2.05) is 36.4 Å². The Morgan fingerprint density at radius 1 is 0.905 bits per heavy atom. The Labute approximate surface area is 123 Å². The summed E-state index contributed by atoms with van der Waals surface area (Å²) < 4.78 is 0. The molecule has 21 heavy (non-hydrogen) atoms. The standard InChI is InChI=1S/C19H16O2/c20-12-19(10-14-6-1-2-7-15(14)11-19)17-9-13-5-3-4-8-16(13)18(17)21/h1-8,12,17H,9-11H2. The first-order chi connectivity index (χ1) is 10.2. The van der Waals surface area contributed by atoms with Crippen LogP contribution in [0.2, 0.25) is 0 Å². The minimum absolute atomic E-state index is 0.144. The minimum Gasteiger partial charge on any atom is -0.303 e. The lowest BCUT2D eigenvalue weighted by molar-refractivity contribution is -0.117. The maximum atomic E-state index is 12.7. The van der Waals surface area contributed by atoms with Crippen molar-refractivity contribution < 1.29 is 9.59 Å². The molecule has 0 saturated heterocycles. The van der Waals surface area contributed by atoms with Gasteiger partial charge in [-0.1, -0.05) is 48.5 Å². The molecule has 2 heteroatoms. The van der Waals surface area contributed by atoms with Crippen molar-refractivity contribution in [3.05, 3.63) is 70.8 Å². The van der Waals surface area contributed by atoms with E-state index in [0.29, 0.717) is 19.3 Å². The zero-order valence-corrected chi connectivity index (χ0v) is 11.7. The summed E-state index contributed by atoms with van der Waals surface area (Å²) in [6.45, 7) is 0. The number of ketones is 1. The van der Waals surface area contributed by atoms with E-state index in [4.69, 9.17) is 0 Å². The molecule has 0 bridgehead atoms. The monoisotopic (exact) mass is 276 g/mol. The summed E-state index contributed by atoms with van der Waals surface area (Å²) in [4.78, 5) is 24.7. The third-order valence-corrected chi connectivity index (χ3v) is 5.11. The van der Waals surface area contributed by atoms with Gasteiger partial charge in [-0.05, 0) is 36.0 Å². The van der Waals surface area contributed by atoms with Crippen molar-refractivity contribution in [1.82, 2.24) is 0 Å². The van der Waals surface area contributed by atoms with E-state index in [2.05, 4.69) is 12.1 Å². The summed E-state index contributed by atoms with van der Waals surface area (Å²) in [5.41, 5.74) is 3.77. The summed E-state index contributed by atoms with van der Waals surface area (Å²) in [5, 5.41) is 0. The lowest BCUT2D eigenvalue weighted by Gasteiger charge is -2.28. The van der Waals surface area contributed by atoms with Crippen LogP contribution < -0.4 is 0 Å². The first-order valence-electron chi connectivity index (χ1n) is 7.39. The molecule has 0 radical (unpaired) electrons. The van der Waals surface area contributed by atoms with E-state index in [0.717, 1.165) is 17.4 Å². The maximum absolute atomic E-state index is 12.7. The number of hydrogen-bond donors (Lipinski definition) is 0. The van der Waals surface area contributed by atoms with Gasteiger partial charge in [0.1, 0.15) is 6.29 Å². The highest BCUT2D eigenvalue weighted by Gasteiger charge is 2.49. The van der Waals surface area contributed by atoms with Crippen LogP contribution in [0, 0.1) is 11.3 Å². The molecule has 0 N–H and O–H groups in total. The Balaban J connectivity index is 1.74. The summed E-state index contributed by atoms with van der Waals surface area (Å²) in [7, 11) is 0. The molecule has 0 aliphatic heterocycles. The highest BCUT2D eigenvalue weighted by molar-refractivity contribution is 6.04. The van der Waals surface area contributed by atoms with Gasteiger partial charge in [-0.25, -0.2) is 0 Å². The fourth-order valence-corrected chi connectivity index (χ4v) is 3.99. The van der Waals surface area contributed by atoms with Crippen molar-refractivity contribution in [3.8, 4) is 0 Å².